The van der Waals surface area contributed by atoms with Gasteiger partial charge in [-0.25, -0.2) is 0 Å². The number of hydrogen-bond donors (Lipinski definition) is 2. The minimum atomic E-state index is -3.84. The zero-order valence-corrected chi connectivity index (χ0v) is 6.92. The summed E-state index contributed by atoms with van der Waals surface area (Å²) in [6, 6.07) is 0. The van der Waals surface area contributed by atoms with Gasteiger partial charge in [0, 0.05) is 0 Å². The predicted molar refractivity (Wildman–Crippen MR) is 39.8 cm³/mol. The van der Waals surface area contributed by atoms with Crippen molar-refractivity contribution in [2.45, 2.75) is 25.4 Å². The minimum absolute atomic E-state index is 0.0556. The summed E-state index contributed by atoms with van der Waals surface area (Å²) in [6.07, 6.45) is 1.47. The molecule has 0 saturated heterocycles. The molecule has 0 aromatic heterocycles. The van der Waals surface area contributed by atoms with E-state index < -0.39 is 10.1 Å². The summed E-state index contributed by atoms with van der Waals surface area (Å²) >= 11 is 0. The highest BCUT2D eigenvalue weighted by molar-refractivity contribution is 7.85. The van der Waals surface area contributed by atoms with Crippen molar-refractivity contribution in [3.05, 3.63) is 0 Å². The summed E-state index contributed by atoms with van der Waals surface area (Å²) in [6.45, 7) is 0. The van der Waals surface area contributed by atoms with E-state index in [0.29, 0.717) is 19.3 Å². The largest absolute Gasteiger partial charge is 0.393 e. The van der Waals surface area contributed by atoms with Gasteiger partial charge in [0.25, 0.3) is 10.1 Å². The number of rotatable bonds is 2. The Kier molecular flexibility index (Phi) is 2.51. The fourth-order valence-corrected chi connectivity index (χ4v) is 2.40. The van der Waals surface area contributed by atoms with Gasteiger partial charge < -0.3 is 5.11 Å². The lowest BCUT2D eigenvalue weighted by atomic mass is 10.1. The average Bonchev–Trinajstić information content (AvgIpc) is 2.10. The first-order valence-corrected chi connectivity index (χ1v) is 5.21. The maximum atomic E-state index is 10.4. The van der Waals surface area contributed by atoms with Crippen LogP contribution in [0.25, 0.3) is 0 Å². The van der Waals surface area contributed by atoms with Crippen LogP contribution < -0.4 is 0 Å². The molecule has 2 N–H and O–H groups in total. The van der Waals surface area contributed by atoms with Crippen LogP contribution in [0.15, 0.2) is 0 Å². The van der Waals surface area contributed by atoms with Gasteiger partial charge in [0.05, 0.1) is 11.9 Å². The first kappa shape index (κ1) is 8.96. The Labute approximate surface area is 66.0 Å². The highest BCUT2D eigenvalue weighted by Gasteiger charge is 2.26. The van der Waals surface area contributed by atoms with Gasteiger partial charge in [-0.05, 0) is 25.2 Å². The lowest BCUT2D eigenvalue weighted by molar-refractivity contribution is 0.179. The normalized spacial score (nSPS) is 32.5. The molecule has 1 saturated carbocycles. The molecule has 0 spiro atoms. The minimum Gasteiger partial charge on any atom is -0.393 e. The number of hydrogen-bond acceptors (Lipinski definition) is 3. The molecule has 0 amide bonds. The quantitative estimate of drug-likeness (QED) is 0.588. The Hall–Kier alpha value is -0.130. The molecule has 2 unspecified atom stereocenters. The molecular weight excluding hydrogens is 168 g/mol. The van der Waals surface area contributed by atoms with E-state index in [0.717, 1.165) is 0 Å². The van der Waals surface area contributed by atoms with Crippen LogP contribution in [0.1, 0.15) is 19.3 Å². The van der Waals surface area contributed by atoms with E-state index in [1.807, 2.05) is 0 Å². The molecule has 0 radical (unpaired) electrons. The smallest absolute Gasteiger partial charge is 0.265 e. The molecular formula is C6H12O4S. The lowest BCUT2D eigenvalue weighted by Gasteiger charge is -2.04. The Balaban J connectivity index is 2.41. The maximum Gasteiger partial charge on any atom is 0.265 e. The van der Waals surface area contributed by atoms with Crippen LogP contribution in [0, 0.1) is 5.92 Å². The Morgan fingerprint density at radius 1 is 1.36 bits per heavy atom. The Morgan fingerprint density at radius 2 is 2.00 bits per heavy atom. The summed E-state index contributed by atoms with van der Waals surface area (Å²) < 4.78 is 29.2. The standard InChI is InChI=1S/C6H12O4S/c7-6-2-1-5(3-6)4-11(8,9)10/h5-7H,1-4H2,(H,8,9,10). The van der Waals surface area contributed by atoms with Crippen molar-refractivity contribution in [1.29, 1.82) is 0 Å². The molecule has 0 aromatic rings. The SMILES string of the molecule is O=S(=O)(O)CC1CCC(O)C1. The van der Waals surface area contributed by atoms with E-state index in [4.69, 9.17) is 9.66 Å². The van der Waals surface area contributed by atoms with Crippen molar-refractivity contribution in [2.24, 2.45) is 5.92 Å². The third kappa shape index (κ3) is 3.18. The van der Waals surface area contributed by atoms with Crippen LogP contribution >= 0.6 is 0 Å². The molecule has 66 valence electrons. The van der Waals surface area contributed by atoms with E-state index >= 15 is 0 Å². The molecule has 1 fully saturated rings. The van der Waals surface area contributed by atoms with Gasteiger partial charge in [0.15, 0.2) is 0 Å². The molecule has 11 heavy (non-hydrogen) atoms. The molecule has 2 atom stereocenters. The van der Waals surface area contributed by atoms with Gasteiger partial charge in [-0.2, -0.15) is 8.42 Å². The van der Waals surface area contributed by atoms with Crippen LogP contribution in [0.2, 0.25) is 0 Å². The molecule has 1 rings (SSSR count). The third-order valence-corrected chi connectivity index (χ3v) is 2.85. The van der Waals surface area contributed by atoms with E-state index in [-0.39, 0.29) is 17.8 Å². The highest BCUT2D eigenvalue weighted by atomic mass is 32.2. The van der Waals surface area contributed by atoms with E-state index in [2.05, 4.69) is 0 Å². The lowest BCUT2D eigenvalue weighted by Crippen LogP contribution is -2.13. The molecule has 5 heteroatoms. The molecule has 0 aromatic carbocycles. The number of aliphatic hydroxyl groups is 1. The van der Waals surface area contributed by atoms with Crippen LogP contribution in [0.3, 0.4) is 0 Å². The van der Waals surface area contributed by atoms with Gasteiger partial charge in [0.2, 0.25) is 0 Å². The zero-order chi connectivity index (χ0) is 8.48. The van der Waals surface area contributed by atoms with Crippen molar-refractivity contribution in [3.63, 3.8) is 0 Å². The molecule has 1 aliphatic carbocycles. The van der Waals surface area contributed by atoms with Crippen LogP contribution in [0.5, 0.6) is 0 Å². The molecule has 0 aliphatic heterocycles. The fraction of sp³-hybridized carbons (Fsp3) is 1.00. The van der Waals surface area contributed by atoms with Crippen molar-refractivity contribution < 1.29 is 18.1 Å². The highest BCUT2D eigenvalue weighted by Crippen LogP contribution is 2.26. The summed E-state index contributed by atoms with van der Waals surface area (Å²) in [7, 11) is -3.84. The zero-order valence-electron chi connectivity index (χ0n) is 6.10. The molecule has 0 bridgehead atoms. The topological polar surface area (TPSA) is 74.6 Å². The second-order valence-electron chi connectivity index (χ2n) is 3.08. The van der Waals surface area contributed by atoms with Crippen molar-refractivity contribution in [1.82, 2.24) is 0 Å². The molecule has 1 aliphatic rings. The Morgan fingerprint density at radius 3 is 2.36 bits per heavy atom. The van der Waals surface area contributed by atoms with Crippen molar-refractivity contribution in [2.75, 3.05) is 5.75 Å². The second-order valence-corrected chi connectivity index (χ2v) is 4.58. The van der Waals surface area contributed by atoms with Crippen LogP contribution in [-0.4, -0.2) is 29.9 Å². The van der Waals surface area contributed by atoms with Gasteiger partial charge in [0.1, 0.15) is 0 Å². The average molecular weight is 180 g/mol. The van der Waals surface area contributed by atoms with Crippen LogP contribution in [-0.2, 0) is 10.1 Å². The predicted octanol–water partition coefficient (Wildman–Crippen LogP) is 0.0352. The Bertz CT molecular complexity index is 221. The third-order valence-electron chi connectivity index (χ3n) is 1.96. The monoisotopic (exact) mass is 180 g/mol. The first-order valence-electron chi connectivity index (χ1n) is 3.60. The van der Waals surface area contributed by atoms with Gasteiger partial charge in [-0.1, -0.05) is 0 Å². The van der Waals surface area contributed by atoms with Crippen molar-refractivity contribution in [3.8, 4) is 0 Å². The van der Waals surface area contributed by atoms with E-state index in [1.165, 1.54) is 0 Å². The van der Waals surface area contributed by atoms with E-state index in [1.54, 1.807) is 0 Å². The van der Waals surface area contributed by atoms with Gasteiger partial charge >= 0.3 is 0 Å². The number of aliphatic hydroxyl groups excluding tert-OH is 1. The fourth-order valence-electron chi connectivity index (χ4n) is 1.50. The van der Waals surface area contributed by atoms with Crippen LogP contribution in [0.4, 0.5) is 0 Å². The van der Waals surface area contributed by atoms with E-state index in [9.17, 15) is 8.42 Å². The molecule has 0 heterocycles. The summed E-state index contributed by atoms with van der Waals surface area (Å²) in [5.74, 6) is -0.260. The van der Waals surface area contributed by atoms with Crippen molar-refractivity contribution >= 4 is 10.1 Å². The van der Waals surface area contributed by atoms with Gasteiger partial charge in [-0.15, -0.1) is 0 Å². The molecule has 4 nitrogen and oxygen atoms in total. The first-order chi connectivity index (χ1) is 4.97. The maximum absolute atomic E-state index is 10.4. The van der Waals surface area contributed by atoms with Gasteiger partial charge in [-0.3, -0.25) is 4.55 Å². The summed E-state index contributed by atoms with van der Waals surface area (Å²) in [5, 5.41) is 9.02. The second kappa shape index (κ2) is 3.08. The summed E-state index contributed by atoms with van der Waals surface area (Å²) in [4.78, 5) is 0. The summed E-state index contributed by atoms with van der Waals surface area (Å²) in [5.41, 5.74) is 0.